The van der Waals surface area contributed by atoms with Crippen LogP contribution in [0.1, 0.15) is 49.7 Å². The Balaban J connectivity index is 0.00000304. The Labute approximate surface area is 236 Å². The van der Waals surface area contributed by atoms with Crippen LogP contribution in [0.3, 0.4) is 0 Å². The number of carbonyl (C=O) groups excluding carboxylic acids is 1. The predicted molar refractivity (Wildman–Crippen MR) is 145 cm³/mol. The van der Waals surface area contributed by atoms with E-state index in [9.17, 15) is 9.59 Å². The quantitative estimate of drug-likeness (QED) is 0.244. The summed E-state index contributed by atoms with van der Waals surface area (Å²) < 4.78 is 7.01. The van der Waals surface area contributed by atoms with E-state index in [0.717, 1.165) is 28.3 Å². The van der Waals surface area contributed by atoms with Gasteiger partial charge in [0.25, 0.3) is 10.6 Å². The first kappa shape index (κ1) is 26.8. The fourth-order valence-electron chi connectivity index (χ4n) is 4.91. The molecule has 1 aliphatic carbocycles. The van der Waals surface area contributed by atoms with Gasteiger partial charge in [-0.3, -0.25) is 19.1 Å². The van der Waals surface area contributed by atoms with Crippen LogP contribution >= 0.6 is 22.7 Å². The molecule has 0 fully saturated rings. The van der Waals surface area contributed by atoms with Crippen LogP contribution in [0.15, 0.2) is 47.3 Å². The summed E-state index contributed by atoms with van der Waals surface area (Å²) in [6.07, 6.45) is 8.67. The molecule has 0 bridgehead atoms. The van der Waals surface area contributed by atoms with Gasteiger partial charge in [-0.25, -0.2) is 0 Å². The molecule has 0 unspecified atom stereocenters. The fourth-order valence-corrected chi connectivity index (χ4v) is 7.42. The number of aryl methyl sites for hydroxylation is 3. The number of aromatic nitrogens is 2. The van der Waals surface area contributed by atoms with Gasteiger partial charge in [0.15, 0.2) is 0 Å². The number of hydrogen-bond acceptors (Lipinski definition) is 4. The number of halogens is 1. The number of hydrogen-bond donors (Lipinski definition) is 0. The van der Waals surface area contributed by atoms with Crippen LogP contribution in [0.4, 0.5) is 5.69 Å². The summed E-state index contributed by atoms with van der Waals surface area (Å²) in [6, 6.07) is 14.0. The van der Waals surface area contributed by atoms with Gasteiger partial charge in [-0.2, -0.15) is 4.57 Å². The van der Waals surface area contributed by atoms with Crippen LogP contribution in [-0.4, -0.2) is 10.5 Å². The molecular weight excluding hydrogens is 601 g/mol. The van der Waals surface area contributed by atoms with E-state index in [-0.39, 0.29) is 35.4 Å². The van der Waals surface area contributed by atoms with Crippen molar-refractivity contribution in [2.45, 2.75) is 59.5 Å². The zero-order valence-corrected chi connectivity index (χ0v) is 24.6. The molecule has 0 N–H and O–H groups in total. The summed E-state index contributed by atoms with van der Waals surface area (Å²) in [7, 11) is 0. The summed E-state index contributed by atoms with van der Waals surface area (Å²) in [5.74, 6) is -0.129. The maximum atomic E-state index is 13.3. The van der Waals surface area contributed by atoms with E-state index in [1.807, 2.05) is 48.6 Å². The minimum Gasteiger partial charge on any atom is -1.00 e. The Kier molecular flexibility index (Phi) is 8.47. The average molecular weight is 632 g/mol. The van der Waals surface area contributed by atoms with Crippen molar-refractivity contribution in [1.82, 2.24) is 4.57 Å². The van der Waals surface area contributed by atoms with Gasteiger partial charge in [0.05, 0.1) is 6.08 Å². The lowest BCUT2D eigenvalue weighted by molar-refractivity contribution is -0.665. The first-order valence-corrected chi connectivity index (χ1v) is 13.9. The van der Waals surface area contributed by atoms with Crippen molar-refractivity contribution in [3.8, 4) is 0 Å². The normalized spacial score (nSPS) is 14.1. The molecule has 0 aliphatic heterocycles. The molecule has 188 valence electrons. The van der Waals surface area contributed by atoms with Gasteiger partial charge in [-0.1, -0.05) is 35.6 Å². The van der Waals surface area contributed by atoms with Crippen molar-refractivity contribution in [3.05, 3.63) is 78.1 Å². The lowest BCUT2D eigenvalue weighted by Crippen LogP contribution is -3.00. The molecule has 0 radical (unpaired) electrons. The molecule has 5 nitrogen and oxygen atoms in total. The number of anilines is 1. The van der Waals surface area contributed by atoms with Crippen LogP contribution in [0, 0.1) is 0 Å². The molecule has 2 heterocycles. The van der Waals surface area contributed by atoms with E-state index in [1.54, 1.807) is 15.7 Å². The number of thiazole rings is 2. The van der Waals surface area contributed by atoms with Crippen molar-refractivity contribution in [1.29, 1.82) is 0 Å². The van der Waals surface area contributed by atoms with Crippen LogP contribution in [0.2, 0.25) is 0 Å². The molecule has 4 aromatic rings. The van der Waals surface area contributed by atoms with Crippen LogP contribution in [0.25, 0.3) is 22.5 Å². The lowest BCUT2D eigenvalue weighted by atomic mass is 9.91. The van der Waals surface area contributed by atoms with Gasteiger partial charge in [0.2, 0.25) is 11.4 Å². The van der Waals surface area contributed by atoms with Gasteiger partial charge in [-0.15, -0.1) is 11.3 Å². The number of fused-ring (bicyclic) bond motifs is 3. The smallest absolute Gasteiger partial charge is 0.270 e. The molecule has 0 spiro atoms. The molecule has 0 saturated heterocycles. The average Bonchev–Trinajstić information content (AvgIpc) is 3.38. The van der Waals surface area contributed by atoms with Gasteiger partial charge >= 0.3 is 0 Å². The summed E-state index contributed by atoms with van der Waals surface area (Å²) in [5.41, 5.74) is 4.97. The number of carbonyl (C=O) groups is 1. The molecule has 1 amide bonds. The summed E-state index contributed by atoms with van der Waals surface area (Å²) in [5, 5.41) is 1.16. The maximum absolute atomic E-state index is 13.3. The molecule has 8 heteroatoms. The summed E-state index contributed by atoms with van der Waals surface area (Å²) >= 11 is 3.27. The van der Waals surface area contributed by atoms with E-state index in [2.05, 4.69) is 29.7 Å². The largest absolute Gasteiger partial charge is 1.00 e. The standard InChI is InChI=1S/C28H30N3O2S2.HI/c1-4-29-23-16-15-20-11-9-10-14-22(20)27(23)35-25(29)17-26-30(5-2)28(33)24(34-26)18-31(19(3)32)21-12-7-6-8-13-21;/h6-8,12-13,15-18H,4-5,9-11,14H2,1-3H3;1H/q+1;/p-1/b24-18+;. The first-order chi connectivity index (χ1) is 17.0. The third-order valence-electron chi connectivity index (χ3n) is 6.66. The molecule has 5 rings (SSSR count). The van der Waals surface area contributed by atoms with Crippen molar-refractivity contribution < 1.29 is 33.3 Å². The van der Waals surface area contributed by atoms with Crippen LogP contribution < -0.4 is 48.2 Å². The van der Waals surface area contributed by atoms with E-state index in [0.29, 0.717) is 11.1 Å². The number of amides is 1. The minimum atomic E-state index is -0.129. The zero-order chi connectivity index (χ0) is 24.5. The Hall–Kier alpha value is -2.30. The van der Waals surface area contributed by atoms with Crippen LogP contribution in [0.5, 0.6) is 0 Å². The Morgan fingerprint density at radius 1 is 1.08 bits per heavy atom. The van der Waals surface area contributed by atoms with Crippen molar-refractivity contribution in [2.24, 2.45) is 0 Å². The van der Waals surface area contributed by atoms with E-state index in [4.69, 9.17) is 0 Å². The second kappa shape index (κ2) is 11.4. The summed E-state index contributed by atoms with van der Waals surface area (Å²) in [6.45, 7) is 7.13. The van der Waals surface area contributed by atoms with Gasteiger partial charge in [0.1, 0.15) is 20.4 Å². The highest BCUT2D eigenvalue weighted by Crippen LogP contribution is 2.32. The van der Waals surface area contributed by atoms with Crippen molar-refractivity contribution in [3.63, 3.8) is 0 Å². The maximum Gasteiger partial charge on any atom is 0.270 e. The monoisotopic (exact) mass is 631 g/mol. The second-order valence-corrected chi connectivity index (χ2v) is 10.9. The Bertz CT molecular complexity index is 1580. The molecule has 0 saturated carbocycles. The van der Waals surface area contributed by atoms with Crippen LogP contribution in [-0.2, 0) is 30.7 Å². The SMILES string of the molecule is CCn1c(=O)/c(=C\N(C(C)=O)c2ccccc2)s/c1=C\c1sc2c3c(ccc2[n+]1CC)CCCC3.[I-]. The topological polar surface area (TPSA) is 46.2 Å². The minimum absolute atomic E-state index is 0. The van der Waals surface area contributed by atoms with E-state index in [1.165, 1.54) is 58.9 Å². The second-order valence-electron chi connectivity index (χ2n) is 8.80. The number of benzene rings is 2. The fraction of sp³-hybridized carbons (Fsp3) is 0.321. The Morgan fingerprint density at radius 3 is 2.53 bits per heavy atom. The van der Waals surface area contributed by atoms with E-state index < -0.39 is 0 Å². The van der Waals surface area contributed by atoms with Gasteiger partial charge in [0, 0.05) is 31.4 Å². The highest BCUT2D eigenvalue weighted by molar-refractivity contribution is 7.19. The third-order valence-corrected chi connectivity index (χ3v) is 8.91. The van der Waals surface area contributed by atoms with Gasteiger partial charge < -0.3 is 24.0 Å². The number of para-hydroxylation sites is 1. The number of rotatable bonds is 5. The lowest BCUT2D eigenvalue weighted by Gasteiger charge is -2.15. The Morgan fingerprint density at radius 2 is 1.83 bits per heavy atom. The predicted octanol–water partition coefficient (Wildman–Crippen LogP) is 0.955. The van der Waals surface area contributed by atoms with Crippen molar-refractivity contribution in [2.75, 3.05) is 4.90 Å². The first-order valence-electron chi connectivity index (χ1n) is 12.3. The van der Waals surface area contributed by atoms with Crippen molar-refractivity contribution >= 4 is 56.8 Å². The molecule has 2 aromatic heterocycles. The molecule has 36 heavy (non-hydrogen) atoms. The van der Waals surface area contributed by atoms with E-state index >= 15 is 0 Å². The zero-order valence-electron chi connectivity index (χ0n) is 20.8. The molecular formula is C28H30IN3O2S2. The molecule has 2 aromatic carbocycles. The molecule has 0 atom stereocenters. The highest BCUT2D eigenvalue weighted by Gasteiger charge is 2.23. The van der Waals surface area contributed by atoms with Gasteiger partial charge in [-0.05, 0) is 62.8 Å². The third kappa shape index (κ3) is 4.95. The highest BCUT2D eigenvalue weighted by atomic mass is 127. The number of nitrogens with zero attached hydrogens (tertiary/aromatic N) is 3. The molecule has 1 aliphatic rings. The summed E-state index contributed by atoms with van der Waals surface area (Å²) in [4.78, 5) is 27.2.